The van der Waals surface area contributed by atoms with E-state index in [1.165, 1.54) is 77.0 Å². The van der Waals surface area contributed by atoms with Gasteiger partial charge < -0.3 is 0 Å². The van der Waals surface area contributed by atoms with E-state index in [-0.39, 0.29) is 0 Å². The van der Waals surface area contributed by atoms with Gasteiger partial charge in [-0.05, 0) is 51.4 Å². The lowest BCUT2D eigenvalue weighted by Gasteiger charge is -2.49. The molecule has 2 saturated carbocycles. The van der Waals surface area contributed by atoms with Crippen LogP contribution in [0.15, 0.2) is 34.8 Å². The maximum atomic E-state index is 4.89. The summed E-state index contributed by atoms with van der Waals surface area (Å²) in [5.74, 6) is 0. The van der Waals surface area contributed by atoms with Crippen LogP contribution in [0.3, 0.4) is 0 Å². The molecule has 6 aliphatic rings. The van der Waals surface area contributed by atoms with E-state index in [2.05, 4.69) is 34.3 Å². The van der Waals surface area contributed by atoms with E-state index in [0.29, 0.717) is 21.7 Å². The van der Waals surface area contributed by atoms with Crippen molar-refractivity contribution in [2.45, 2.75) is 77.0 Å². The summed E-state index contributed by atoms with van der Waals surface area (Å²) in [6.07, 6.45) is 26.1. The fourth-order valence-electron chi connectivity index (χ4n) is 8.42. The average Bonchev–Trinajstić information content (AvgIpc) is 3.25. The molecule has 6 rings (SSSR count). The van der Waals surface area contributed by atoms with E-state index in [0.717, 1.165) is 26.2 Å². The Hall–Kier alpha value is -1.32. The van der Waals surface area contributed by atoms with Gasteiger partial charge in [-0.2, -0.15) is 0 Å². The first-order valence-corrected chi connectivity index (χ1v) is 11.9. The zero-order valence-electron chi connectivity index (χ0n) is 17.4. The molecule has 4 heteroatoms. The second-order valence-corrected chi connectivity index (χ2v) is 11.1. The molecular formula is C24H36N4. The number of allylic oxidation sites excluding steroid dienone is 4. The zero-order chi connectivity index (χ0) is 18.7. The molecule has 4 atom stereocenters. The molecular weight excluding hydrogens is 344 g/mol. The van der Waals surface area contributed by atoms with Crippen molar-refractivity contribution in [2.75, 3.05) is 26.2 Å². The van der Waals surface area contributed by atoms with Crippen molar-refractivity contribution in [3.8, 4) is 0 Å². The fourth-order valence-corrected chi connectivity index (χ4v) is 8.42. The van der Waals surface area contributed by atoms with E-state index in [1.807, 2.05) is 0 Å². The van der Waals surface area contributed by atoms with Crippen LogP contribution in [0.2, 0.25) is 0 Å². The van der Waals surface area contributed by atoms with Gasteiger partial charge in [0.05, 0.1) is 0 Å². The Morgan fingerprint density at radius 3 is 1.04 bits per heavy atom. The van der Waals surface area contributed by atoms with Gasteiger partial charge in [-0.3, -0.25) is 10.0 Å². The standard InChI is InChI=1S/C24H36N4/c1-2-10-22-12-4-3-11-21(22,9-1)17-27(18-22)25-26-28-19-23-13-5-6-14-24(23,20-28)16-8-7-15-23/h1-2,5-6H,3-4,7-20H2/t21-,22+,23-,24+. The number of nitrogens with zero attached hydrogens (tertiary/aromatic N) is 4. The highest BCUT2D eigenvalue weighted by atomic mass is 15.7. The van der Waals surface area contributed by atoms with Gasteiger partial charge in [0.15, 0.2) is 0 Å². The average molecular weight is 381 g/mol. The number of rotatable bonds is 2. The summed E-state index contributed by atoms with van der Waals surface area (Å²) >= 11 is 0. The predicted molar refractivity (Wildman–Crippen MR) is 111 cm³/mol. The highest BCUT2D eigenvalue weighted by Crippen LogP contribution is 2.63. The summed E-state index contributed by atoms with van der Waals surface area (Å²) in [6.45, 7) is 4.53. The Balaban J connectivity index is 1.20. The zero-order valence-corrected chi connectivity index (χ0v) is 17.4. The highest BCUT2D eigenvalue weighted by Gasteiger charge is 2.59. The smallest absolute Gasteiger partial charge is 0.0443 e. The Morgan fingerprint density at radius 2 is 0.750 bits per heavy atom. The molecule has 2 heterocycles. The molecule has 4 aliphatic carbocycles. The molecule has 0 aromatic rings. The first-order chi connectivity index (χ1) is 13.7. The van der Waals surface area contributed by atoms with Crippen molar-refractivity contribution in [1.29, 1.82) is 0 Å². The molecule has 0 bridgehead atoms. The summed E-state index contributed by atoms with van der Waals surface area (Å²) in [7, 11) is 0. The highest BCUT2D eigenvalue weighted by molar-refractivity contribution is 5.17. The van der Waals surface area contributed by atoms with Gasteiger partial charge in [-0.1, -0.05) is 60.4 Å². The van der Waals surface area contributed by atoms with Crippen molar-refractivity contribution < 1.29 is 0 Å². The summed E-state index contributed by atoms with van der Waals surface area (Å²) in [4.78, 5) is 0. The Bertz CT molecular complexity index is 616. The summed E-state index contributed by atoms with van der Waals surface area (Å²) in [5.41, 5.74) is 1.92. The molecule has 0 unspecified atom stereocenters. The first kappa shape index (κ1) is 17.5. The molecule has 152 valence electrons. The van der Waals surface area contributed by atoms with Gasteiger partial charge >= 0.3 is 0 Å². The normalized spacial score (nSPS) is 47.1. The third kappa shape index (κ3) is 2.29. The van der Waals surface area contributed by atoms with Crippen LogP contribution in [-0.4, -0.2) is 36.2 Å². The van der Waals surface area contributed by atoms with Crippen molar-refractivity contribution in [3.63, 3.8) is 0 Å². The summed E-state index contributed by atoms with van der Waals surface area (Å²) in [5, 5.41) is 14.5. The number of hydrogen-bond acceptors (Lipinski definition) is 2. The van der Waals surface area contributed by atoms with Crippen LogP contribution in [0.5, 0.6) is 0 Å². The minimum absolute atomic E-state index is 0.479. The third-order valence-electron chi connectivity index (χ3n) is 9.97. The third-order valence-corrected chi connectivity index (χ3v) is 9.97. The van der Waals surface area contributed by atoms with Gasteiger partial charge in [-0.25, -0.2) is 0 Å². The topological polar surface area (TPSA) is 31.2 Å². The maximum absolute atomic E-state index is 4.89. The Kier molecular flexibility index (Phi) is 3.81. The van der Waals surface area contributed by atoms with Crippen molar-refractivity contribution in [3.05, 3.63) is 24.3 Å². The lowest BCUT2D eigenvalue weighted by molar-refractivity contribution is 0.0342. The van der Waals surface area contributed by atoms with Gasteiger partial charge in [-0.15, -0.1) is 0 Å². The van der Waals surface area contributed by atoms with E-state index < -0.39 is 0 Å². The quantitative estimate of drug-likeness (QED) is 0.455. The molecule has 0 aromatic heterocycles. The van der Waals surface area contributed by atoms with E-state index in [1.54, 1.807) is 0 Å². The molecule has 0 spiro atoms. The monoisotopic (exact) mass is 380 g/mol. The van der Waals surface area contributed by atoms with Crippen molar-refractivity contribution >= 4 is 0 Å². The Labute approximate surface area is 170 Å². The van der Waals surface area contributed by atoms with Crippen LogP contribution in [0.25, 0.3) is 0 Å². The van der Waals surface area contributed by atoms with Crippen LogP contribution in [0, 0.1) is 21.7 Å². The molecule has 0 radical (unpaired) electrons. The maximum Gasteiger partial charge on any atom is 0.0443 e. The van der Waals surface area contributed by atoms with Crippen molar-refractivity contribution in [2.24, 2.45) is 32.1 Å². The molecule has 2 saturated heterocycles. The molecule has 28 heavy (non-hydrogen) atoms. The van der Waals surface area contributed by atoms with Crippen LogP contribution in [-0.2, 0) is 0 Å². The molecule has 4 nitrogen and oxygen atoms in total. The summed E-state index contributed by atoms with van der Waals surface area (Å²) < 4.78 is 0. The predicted octanol–water partition coefficient (Wildman–Crippen LogP) is 5.69. The Morgan fingerprint density at radius 1 is 0.464 bits per heavy atom. The van der Waals surface area contributed by atoms with E-state index in [9.17, 15) is 0 Å². The van der Waals surface area contributed by atoms with Crippen LogP contribution >= 0.6 is 0 Å². The van der Waals surface area contributed by atoms with Crippen LogP contribution < -0.4 is 0 Å². The molecule has 0 amide bonds. The molecule has 0 N–H and O–H groups in total. The van der Waals surface area contributed by atoms with Gasteiger partial charge in [0.1, 0.15) is 0 Å². The largest absolute Gasteiger partial charge is 0.276 e. The second kappa shape index (κ2) is 6.09. The van der Waals surface area contributed by atoms with Crippen LogP contribution in [0.1, 0.15) is 77.0 Å². The van der Waals surface area contributed by atoms with E-state index in [4.69, 9.17) is 10.4 Å². The molecule has 4 fully saturated rings. The van der Waals surface area contributed by atoms with Crippen LogP contribution in [0.4, 0.5) is 0 Å². The SMILES string of the molecule is C1=CC[C@]23CCCC[C@@]2(C1)CN(N=NN1C[C@@]24CC=CC[C@@]2(CCCC4)C1)C3. The lowest BCUT2D eigenvalue weighted by Crippen LogP contribution is -2.44. The fraction of sp³-hybridized carbons (Fsp3) is 0.833. The molecule has 2 aliphatic heterocycles. The van der Waals surface area contributed by atoms with Crippen molar-refractivity contribution in [1.82, 2.24) is 10.0 Å². The number of hydrogen-bond donors (Lipinski definition) is 0. The lowest BCUT2D eigenvalue weighted by atomic mass is 9.53. The molecule has 0 aromatic carbocycles. The van der Waals surface area contributed by atoms with Gasteiger partial charge in [0.25, 0.3) is 0 Å². The second-order valence-electron chi connectivity index (χ2n) is 11.1. The summed E-state index contributed by atoms with van der Waals surface area (Å²) in [6, 6.07) is 0. The minimum atomic E-state index is 0.479. The van der Waals surface area contributed by atoms with E-state index >= 15 is 0 Å². The minimum Gasteiger partial charge on any atom is -0.276 e. The first-order valence-electron chi connectivity index (χ1n) is 11.9. The van der Waals surface area contributed by atoms with Gasteiger partial charge in [0.2, 0.25) is 0 Å². The van der Waals surface area contributed by atoms with Gasteiger partial charge in [0, 0.05) is 47.8 Å².